The quantitative estimate of drug-likeness (QED) is 0.606. The molecule has 1 amide bonds. The lowest BCUT2D eigenvalue weighted by Crippen LogP contribution is -2.20. The van der Waals surface area contributed by atoms with Crippen molar-refractivity contribution in [2.75, 3.05) is 14.2 Å². The summed E-state index contributed by atoms with van der Waals surface area (Å²) in [4.78, 5) is 11.1. The molecule has 17 heavy (non-hydrogen) atoms. The van der Waals surface area contributed by atoms with Crippen molar-refractivity contribution in [2.45, 2.75) is 19.3 Å². The summed E-state index contributed by atoms with van der Waals surface area (Å²) in [5, 5.41) is 8.47. The molecule has 0 bridgehead atoms. The van der Waals surface area contributed by atoms with Crippen LogP contribution in [0.5, 0.6) is 11.5 Å². The Kier molecular flexibility index (Phi) is 4.78. The molecule has 0 spiro atoms. The molecule has 0 fully saturated rings. The van der Waals surface area contributed by atoms with E-state index in [1.807, 2.05) is 19.1 Å². The first-order chi connectivity index (χ1) is 8.12. The Morgan fingerprint density at radius 3 is 2.53 bits per heavy atom. The van der Waals surface area contributed by atoms with Crippen molar-refractivity contribution in [2.24, 2.45) is 0 Å². The highest BCUT2D eigenvalue weighted by Crippen LogP contribution is 2.31. The number of ether oxygens (including phenoxy) is 2. The van der Waals surface area contributed by atoms with Gasteiger partial charge in [-0.3, -0.25) is 10.0 Å². The van der Waals surface area contributed by atoms with E-state index in [-0.39, 0.29) is 12.3 Å². The first-order valence-electron chi connectivity index (χ1n) is 5.27. The largest absolute Gasteiger partial charge is 0.493 e. The fraction of sp³-hybridized carbons (Fsp3) is 0.417. The van der Waals surface area contributed by atoms with Crippen molar-refractivity contribution in [1.29, 1.82) is 0 Å². The Morgan fingerprint density at radius 1 is 1.35 bits per heavy atom. The fourth-order valence-electron chi connectivity index (χ4n) is 1.60. The summed E-state index contributed by atoms with van der Waals surface area (Å²) in [5.41, 5.74) is 2.57. The Morgan fingerprint density at radius 2 is 2.00 bits per heavy atom. The summed E-state index contributed by atoms with van der Waals surface area (Å²) in [5.74, 6) is 0.852. The second kappa shape index (κ2) is 6.10. The van der Waals surface area contributed by atoms with E-state index in [0.29, 0.717) is 11.5 Å². The van der Waals surface area contributed by atoms with Gasteiger partial charge in [0, 0.05) is 6.42 Å². The second-order valence-corrected chi connectivity index (χ2v) is 3.75. The smallest absolute Gasteiger partial charge is 0.243 e. The third-order valence-electron chi connectivity index (χ3n) is 2.59. The first-order valence-corrected chi connectivity index (χ1v) is 5.27. The molecule has 0 saturated heterocycles. The van der Waals surface area contributed by atoms with E-state index in [1.54, 1.807) is 25.8 Å². The van der Waals surface area contributed by atoms with E-state index in [9.17, 15) is 4.79 Å². The standard InChI is InChI=1S/C12H17NO4/c1-8(6-12(14)13-15)9-4-5-10(16-2)11(7-9)17-3/h4-5,7-8,15H,6H2,1-3H3,(H,13,14). The number of benzene rings is 1. The molecular formula is C12H17NO4. The normalized spacial score (nSPS) is 11.8. The lowest BCUT2D eigenvalue weighted by molar-refractivity contribution is -0.129. The van der Waals surface area contributed by atoms with Crippen LogP contribution < -0.4 is 15.0 Å². The van der Waals surface area contributed by atoms with E-state index < -0.39 is 5.91 Å². The molecule has 0 heterocycles. The first kappa shape index (κ1) is 13.3. The summed E-state index contributed by atoms with van der Waals surface area (Å²) < 4.78 is 10.3. The average molecular weight is 239 g/mol. The monoisotopic (exact) mass is 239 g/mol. The highest BCUT2D eigenvalue weighted by molar-refractivity contribution is 5.75. The number of rotatable bonds is 5. The molecule has 94 valence electrons. The fourth-order valence-corrected chi connectivity index (χ4v) is 1.60. The topological polar surface area (TPSA) is 67.8 Å². The van der Waals surface area contributed by atoms with Gasteiger partial charge < -0.3 is 9.47 Å². The van der Waals surface area contributed by atoms with Crippen LogP contribution in [0.4, 0.5) is 0 Å². The molecule has 5 heteroatoms. The van der Waals surface area contributed by atoms with Crippen molar-refractivity contribution >= 4 is 5.91 Å². The minimum absolute atomic E-state index is 0.0121. The Bertz CT molecular complexity index is 392. The molecule has 0 aliphatic heterocycles. The minimum atomic E-state index is -0.410. The van der Waals surface area contributed by atoms with Crippen molar-refractivity contribution in [1.82, 2.24) is 5.48 Å². The number of hydrogen-bond donors (Lipinski definition) is 2. The van der Waals surface area contributed by atoms with Crippen LogP contribution in [0.3, 0.4) is 0 Å². The predicted octanol–water partition coefficient (Wildman–Crippen LogP) is 1.70. The van der Waals surface area contributed by atoms with Crippen molar-refractivity contribution in [3.8, 4) is 11.5 Å². The van der Waals surface area contributed by atoms with Crippen LogP contribution in [0.15, 0.2) is 18.2 Å². The van der Waals surface area contributed by atoms with Crippen LogP contribution in [-0.4, -0.2) is 25.3 Å². The molecule has 0 saturated carbocycles. The van der Waals surface area contributed by atoms with Gasteiger partial charge in [-0.05, 0) is 23.6 Å². The number of nitrogens with one attached hydrogen (secondary N) is 1. The molecular weight excluding hydrogens is 222 g/mol. The molecule has 0 aromatic heterocycles. The molecule has 2 N–H and O–H groups in total. The van der Waals surface area contributed by atoms with Crippen LogP contribution >= 0.6 is 0 Å². The molecule has 1 aromatic rings. The van der Waals surface area contributed by atoms with Crippen LogP contribution in [0, 0.1) is 0 Å². The van der Waals surface area contributed by atoms with E-state index in [4.69, 9.17) is 14.7 Å². The van der Waals surface area contributed by atoms with E-state index in [0.717, 1.165) is 5.56 Å². The lowest BCUT2D eigenvalue weighted by Gasteiger charge is -2.14. The van der Waals surface area contributed by atoms with Gasteiger partial charge in [-0.2, -0.15) is 0 Å². The van der Waals surface area contributed by atoms with Crippen molar-refractivity contribution in [3.63, 3.8) is 0 Å². The predicted molar refractivity (Wildman–Crippen MR) is 62.5 cm³/mol. The van der Waals surface area contributed by atoms with E-state index in [1.165, 1.54) is 0 Å². The maximum atomic E-state index is 11.1. The summed E-state index contributed by atoms with van der Waals surface area (Å²) >= 11 is 0. The number of carbonyl (C=O) groups excluding carboxylic acids is 1. The van der Waals surface area contributed by atoms with E-state index in [2.05, 4.69) is 0 Å². The van der Waals surface area contributed by atoms with Gasteiger partial charge in [-0.25, -0.2) is 5.48 Å². The Hall–Kier alpha value is -1.75. The van der Waals surface area contributed by atoms with Gasteiger partial charge >= 0.3 is 0 Å². The van der Waals surface area contributed by atoms with Crippen LogP contribution in [-0.2, 0) is 4.79 Å². The van der Waals surface area contributed by atoms with Gasteiger partial charge in [0.05, 0.1) is 14.2 Å². The van der Waals surface area contributed by atoms with Gasteiger partial charge in [0.15, 0.2) is 11.5 Å². The molecule has 1 aromatic carbocycles. The molecule has 0 radical (unpaired) electrons. The molecule has 1 unspecified atom stereocenters. The van der Waals surface area contributed by atoms with Crippen molar-refractivity contribution < 1.29 is 19.5 Å². The zero-order valence-corrected chi connectivity index (χ0v) is 10.2. The molecule has 1 atom stereocenters. The zero-order chi connectivity index (χ0) is 12.8. The lowest BCUT2D eigenvalue weighted by atomic mass is 9.97. The van der Waals surface area contributed by atoms with Crippen LogP contribution in [0.1, 0.15) is 24.8 Å². The maximum absolute atomic E-state index is 11.1. The second-order valence-electron chi connectivity index (χ2n) is 3.75. The van der Waals surface area contributed by atoms with Gasteiger partial charge in [-0.1, -0.05) is 13.0 Å². The van der Waals surface area contributed by atoms with Gasteiger partial charge in [-0.15, -0.1) is 0 Å². The Balaban J connectivity index is 2.87. The summed E-state index contributed by atoms with van der Waals surface area (Å²) in [6, 6.07) is 5.49. The van der Waals surface area contributed by atoms with Gasteiger partial charge in [0.25, 0.3) is 0 Å². The minimum Gasteiger partial charge on any atom is -0.493 e. The van der Waals surface area contributed by atoms with Gasteiger partial charge in [0.2, 0.25) is 5.91 Å². The number of carbonyl (C=O) groups is 1. The number of hydroxylamine groups is 1. The molecule has 0 aliphatic rings. The molecule has 5 nitrogen and oxygen atoms in total. The van der Waals surface area contributed by atoms with Gasteiger partial charge in [0.1, 0.15) is 0 Å². The summed E-state index contributed by atoms with van der Waals surface area (Å²) in [6.45, 7) is 1.90. The number of hydrogen-bond acceptors (Lipinski definition) is 4. The average Bonchev–Trinajstić information content (AvgIpc) is 2.37. The summed E-state index contributed by atoms with van der Waals surface area (Å²) in [6.07, 6.45) is 0.214. The van der Waals surface area contributed by atoms with Crippen LogP contribution in [0.25, 0.3) is 0 Å². The SMILES string of the molecule is COc1ccc(C(C)CC(=O)NO)cc1OC. The van der Waals surface area contributed by atoms with Crippen molar-refractivity contribution in [3.05, 3.63) is 23.8 Å². The third kappa shape index (κ3) is 3.35. The molecule has 1 rings (SSSR count). The highest BCUT2D eigenvalue weighted by Gasteiger charge is 2.13. The highest BCUT2D eigenvalue weighted by atomic mass is 16.5. The Labute approximate surface area is 100 Å². The zero-order valence-electron chi connectivity index (χ0n) is 10.2. The number of amides is 1. The number of methoxy groups -OCH3 is 2. The van der Waals surface area contributed by atoms with Crippen LogP contribution in [0.2, 0.25) is 0 Å². The maximum Gasteiger partial charge on any atom is 0.243 e. The van der Waals surface area contributed by atoms with E-state index >= 15 is 0 Å². The third-order valence-corrected chi connectivity index (χ3v) is 2.59. The molecule has 0 aliphatic carbocycles. The summed E-state index contributed by atoms with van der Waals surface area (Å²) in [7, 11) is 3.13.